The lowest BCUT2D eigenvalue weighted by atomic mass is 9.98. The van der Waals surface area contributed by atoms with Gasteiger partial charge in [-0.25, -0.2) is 4.90 Å². The van der Waals surface area contributed by atoms with Crippen LogP contribution in [-0.4, -0.2) is 26.3 Å². The first-order valence-electron chi connectivity index (χ1n) is 8.65. The van der Waals surface area contributed by atoms with E-state index in [1.807, 2.05) is 63.2 Å². The molecule has 0 aromatic heterocycles. The quantitative estimate of drug-likeness (QED) is 0.749. The third-order valence-corrected chi connectivity index (χ3v) is 4.97. The molecule has 27 heavy (non-hydrogen) atoms. The standard InChI is InChI=1S/C21H23NO4S/c1-20(2,3)14-7-8-15-21(25-27(23,24)26-21)22(4)16-18-12-9-11-17-10-5-6-13-19(17)18/h5-6,8-13,15H,16H2,1-4H3/b15-8+. The minimum absolute atomic E-state index is 0.153. The van der Waals surface area contributed by atoms with E-state index in [0.29, 0.717) is 6.54 Å². The second kappa shape index (κ2) is 7.10. The largest absolute Gasteiger partial charge is 0.408 e. The first kappa shape index (κ1) is 19.6. The molecule has 0 aliphatic carbocycles. The van der Waals surface area contributed by atoms with Gasteiger partial charge in [-0.15, -0.1) is 0 Å². The van der Waals surface area contributed by atoms with Gasteiger partial charge in [0.25, 0.3) is 5.91 Å². The zero-order valence-corrected chi connectivity index (χ0v) is 16.7. The summed E-state index contributed by atoms with van der Waals surface area (Å²) in [6.45, 7) is 6.43. The van der Waals surface area contributed by atoms with Crippen molar-refractivity contribution in [1.29, 1.82) is 0 Å². The smallest absolute Gasteiger partial charge is 0.245 e. The predicted molar refractivity (Wildman–Crippen MR) is 106 cm³/mol. The van der Waals surface area contributed by atoms with E-state index >= 15 is 0 Å². The Kier molecular flexibility index (Phi) is 5.15. The molecule has 1 aliphatic heterocycles. The Bertz CT molecular complexity index is 1020. The van der Waals surface area contributed by atoms with Gasteiger partial charge in [-0.2, -0.15) is 16.8 Å². The Labute approximate surface area is 160 Å². The Morgan fingerprint density at radius 3 is 2.44 bits per heavy atom. The third kappa shape index (κ3) is 4.57. The molecule has 0 radical (unpaired) electrons. The molecule has 0 N–H and O–H groups in total. The lowest BCUT2D eigenvalue weighted by Gasteiger charge is -2.42. The SMILES string of the molecule is CN(Cc1cccc2ccccc12)C1(/C=C/C#CC(C)(C)C)OS(=O)(=O)O1. The van der Waals surface area contributed by atoms with Crippen LogP contribution in [0.5, 0.6) is 0 Å². The van der Waals surface area contributed by atoms with E-state index in [2.05, 4.69) is 11.8 Å². The van der Waals surface area contributed by atoms with Gasteiger partial charge in [0, 0.05) is 18.0 Å². The van der Waals surface area contributed by atoms with E-state index in [4.69, 9.17) is 8.37 Å². The van der Waals surface area contributed by atoms with Crippen molar-refractivity contribution in [2.75, 3.05) is 7.05 Å². The minimum atomic E-state index is -3.98. The van der Waals surface area contributed by atoms with Crippen LogP contribution < -0.4 is 0 Å². The number of benzene rings is 2. The molecule has 0 saturated carbocycles. The van der Waals surface area contributed by atoms with Crippen molar-refractivity contribution in [1.82, 2.24) is 4.90 Å². The number of hydrogen-bond donors (Lipinski definition) is 0. The van der Waals surface area contributed by atoms with Gasteiger partial charge in [-0.3, -0.25) is 0 Å². The number of likely N-dealkylation sites (N-methyl/N-ethyl adjacent to an activating group) is 1. The molecule has 3 rings (SSSR count). The summed E-state index contributed by atoms with van der Waals surface area (Å²) in [7, 11) is -2.23. The fourth-order valence-corrected chi connectivity index (χ4v) is 3.77. The second-order valence-electron chi connectivity index (χ2n) is 7.55. The number of allylic oxidation sites excluding steroid dienone is 1. The highest BCUT2D eigenvalue weighted by Gasteiger charge is 2.53. The molecule has 1 fully saturated rings. The monoisotopic (exact) mass is 385 g/mol. The van der Waals surface area contributed by atoms with Crippen LogP contribution in [0.2, 0.25) is 0 Å². The molecule has 0 unspecified atom stereocenters. The normalized spacial score (nSPS) is 18.3. The molecule has 1 heterocycles. The molecule has 0 spiro atoms. The maximum absolute atomic E-state index is 11.5. The predicted octanol–water partition coefficient (Wildman–Crippen LogP) is 3.82. The van der Waals surface area contributed by atoms with Crippen LogP contribution >= 0.6 is 0 Å². The van der Waals surface area contributed by atoms with Crippen molar-refractivity contribution in [2.24, 2.45) is 5.41 Å². The number of fused-ring (bicyclic) bond motifs is 1. The van der Waals surface area contributed by atoms with E-state index in [1.165, 1.54) is 6.08 Å². The van der Waals surface area contributed by atoms with E-state index in [9.17, 15) is 8.42 Å². The zero-order chi connectivity index (χ0) is 19.7. The zero-order valence-electron chi connectivity index (χ0n) is 15.9. The molecule has 6 heteroatoms. The summed E-state index contributed by atoms with van der Waals surface area (Å²) in [5, 5.41) is 2.22. The first-order chi connectivity index (χ1) is 12.6. The van der Waals surface area contributed by atoms with Gasteiger partial charge in [-0.1, -0.05) is 54.3 Å². The van der Waals surface area contributed by atoms with Crippen LogP contribution in [0.4, 0.5) is 0 Å². The van der Waals surface area contributed by atoms with Crippen LogP contribution in [0.3, 0.4) is 0 Å². The fourth-order valence-electron chi connectivity index (χ4n) is 2.81. The van der Waals surface area contributed by atoms with Gasteiger partial charge >= 0.3 is 10.4 Å². The van der Waals surface area contributed by atoms with E-state index in [1.54, 1.807) is 18.0 Å². The fraction of sp³-hybridized carbons (Fsp3) is 0.333. The third-order valence-electron chi connectivity index (χ3n) is 4.09. The van der Waals surface area contributed by atoms with Crippen molar-refractivity contribution in [3.8, 4) is 11.8 Å². The van der Waals surface area contributed by atoms with Crippen molar-refractivity contribution in [2.45, 2.75) is 33.2 Å². The molecule has 0 bridgehead atoms. The minimum Gasteiger partial charge on any atom is -0.245 e. The Balaban J connectivity index is 1.87. The lowest BCUT2D eigenvalue weighted by molar-refractivity contribution is -0.241. The maximum atomic E-state index is 11.5. The lowest BCUT2D eigenvalue weighted by Crippen LogP contribution is -2.59. The highest BCUT2D eigenvalue weighted by atomic mass is 32.3. The number of nitrogens with zero attached hydrogens (tertiary/aromatic N) is 1. The Morgan fingerprint density at radius 1 is 1.11 bits per heavy atom. The molecule has 1 saturated heterocycles. The first-order valence-corrected chi connectivity index (χ1v) is 9.98. The summed E-state index contributed by atoms with van der Waals surface area (Å²) >= 11 is 0. The van der Waals surface area contributed by atoms with Crippen LogP contribution in [0.1, 0.15) is 26.3 Å². The molecule has 2 aromatic carbocycles. The average molecular weight is 385 g/mol. The summed E-state index contributed by atoms with van der Waals surface area (Å²) < 4.78 is 33.3. The van der Waals surface area contributed by atoms with Gasteiger partial charge in [-0.05, 0) is 50.2 Å². The molecule has 0 atom stereocenters. The summed E-state index contributed by atoms with van der Waals surface area (Å²) in [6.07, 6.45) is 3.09. The molecule has 2 aromatic rings. The van der Waals surface area contributed by atoms with Crippen molar-refractivity contribution < 1.29 is 16.8 Å². The van der Waals surface area contributed by atoms with E-state index in [0.717, 1.165) is 16.3 Å². The van der Waals surface area contributed by atoms with Gasteiger partial charge in [0.15, 0.2) is 0 Å². The van der Waals surface area contributed by atoms with Gasteiger partial charge in [0.2, 0.25) is 0 Å². The van der Waals surface area contributed by atoms with Gasteiger partial charge in [0.05, 0.1) is 0 Å². The van der Waals surface area contributed by atoms with Crippen LogP contribution in [0, 0.1) is 17.3 Å². The molecular formula is C21H23NO4S. The summed E-state index contributed by atoms with van der Waals surface area (Å²) in [4.78, 5) is 1.70. The van der Waals surface area contributed by atoms with Gasteiger partial charge in [0.1, 0.15) is 0 Å². The molecular weight excluding hydrogens is 362 g/mol. The number of rotatable bonds is 4. The highest BCUT2D eigenvalue weighted by Crippen LogP contribution is 2.36. The van der Waals surface area contributed by atoms with Crippen LogP contribution in [0.25, 0.3) is 10.8 Å². The maximum Gasteiger partial charge on any atom is 0.408 e. The Hall–Kier alpha value is -2.17. The summed E-state index contributed by atoms with van der Waals surface area (Å²) in [5.41, 5.74) is 0.889. The molecule has 5 nitrogen and oxygen atoms in total. The van der Waals surface area contributed by atoms with Crippen molar-refractivity contribution >= 4 is 21.2 Å². The summed E-state index contributed by atoms with van der Waals surface area (Å²) in [5.74, 6) is 4.49. The van der Waals surface area contributed by atoms with Crippen molar-refractivity contribution in [3.05, 3.63) is 60.2 Å². The molecule has 142 valence electrons. The Morgan fingerprint density at radius 2 is 1.78 bits per heavy atom. The summed E-state index contributed by atoms with van der Waals surface area (Å²) in [6, 6.07) is 14.1. The average Bonchev–Trinajstić information content (AvgIpc) is 2.56. The van der Waals surface area contributed by atoms with E-state index < -0.39 is 16.3 Å². The number of hydrogen-bond acceptors (Lipinski definition) is 5. The van der Waals surface area contributed by atoms with Gasteiger partial charge < -0.3 is 0 Å². The van der Waals surface area contributed by atoms with E-state index in [-0.39, 0.29) is 5.41 Å². The highest BCUT2D eigenvalue weighted by molar-refractivity contribution is 7.82. The molecule has 1 aliphatic rings. The second-order valence-corrected chi connectivity index (χ2v) is 8.70. The topological polar surface area (TPSA) is 55.8 Å². The van der Waals surface area contributed by atoms with Crippen LogP contribution in [-0.2, 0) is 25.3 Å². The van der Waals surface area contributed by atoms with Crippen molar-refractivity contribution in [3.63, 3.8) is 0 Å². The molecule has 0 amide bonds. The van der Waals surface area contributed by atoms with Crippen LogP contribution in [0.15, 0.2) is 54.6 Å².